The molecule has 19 heavy (non-hydrogen) atoms. The molecule has 1 aliphatic carbocycles. The van der Waals surface area contributed by atoms with Gasteiger partial charge in [0.1, 0.15) is 5.84 Å². The Kier molecular flexibility index (Phi) is 3.06. The van der Waals surface area contributed by atoms with E-state index in [4.69, 9.17) is 11.1 Å². The molecule has 5 nitrogen and oxygen atoms in total. The van der Waals surface area contributed by atoms with Gasteiger partial charge in [-0.1, -0.05) is 0 Å². The van der Waals surface area contributed by atoms with Gasteiger partial charge in [0.05, 0.1) is 12.6 Å². The minimum atomic E-state index is -0.0326. The molecule has 0 radical (unpaired) electrons. The normalized spacial score (nSPS) is 23.5. The van der Waals surface area contributed by atoms with Crippen molar-refractivity contribution in [3.05, 3.63) is 21.9 Å². The van der Waals surface area contributed by atoms with E-state index in [0.29, 0.717) is 12.0 Å². The Balaban J connectivity index is 1.51. The monoisotopic (exact) mass is 278 g/mol. The molecule has 2 aliphatic rings. The van der Waals surface area contributed by atoms with Crippen molar-refractivity contribution in [3.8, 4) is 0 Å². The maximum atomic E-state index is 12.0. The van der Waals surface area contributed by atoms with E-state index < -0.39 is 0 Å². The molecule has 102 valence electrons. The van der Waals surface area contributed by atoms with E-state index in [1.165, 1.54) is 24.2 Å². The number of rotatable bonds is 4. The fraction of sp³-hybridized carbons (Fsp3) is 0.538. The number of nitrogens with two attached hydrogens (primary N) is 1. The molecule has 1 atom stereocenters. The number of thiophene rings is 1. The molecule has 0 aromatic carbocycles. The average molecular weight is 278 g/mol. The highest BCUT2D eigenvalue weighted by atomic mass is 32.1. The van der Waals surface area contributed by atoms with Crippen LogP contribution in [0.15, 0.2) is 11.4 Å². The number of nitrogen functional groups attached to an aromatic ring is 1. The first-order chi connectivity index (χ1) is 9.08. The topological polar surface area (TPSA) is 91.0 Å². The summed E-state index contributed by atoms with van der Waals surface area (Å²) in [5.74, 6) is 0.156. The molecule has 6 heteroatoms. The zero-order valence-electron chi connectivity index (χ0n) is 10.7. The molecule has 0 bridgehead atoms. The van der Waals surface area contributed by atoms with Crippen molar-refractivity contribution in [2.24, 2.45) is 11.1 Å². The van der Waals surface area contributed by atoms with Gasteiger partial charge in [-0.05, 0) is 30.7 Å². The van der Waals surface area contributed by atoms with Crippen LogP contribution in [-0.2, 0) is 11.3 Å². The van der Waals surface area contributed by atoms with E-state index in [2.05, 4.69) is 10.6 Å². The Morgan fingerprint density at radius 2 is 2.42 bits per heavy atom. The van der Waals surface area contributed by atoms with Crippen LogP contribution >= 0.6 is 11.3 Å². The number of hydrogen-bond acceptors (Lipinski definition) is 4. The largest absolute Gasteiger partial charge is 0.384 e. The molecule has 5 N–H and O–H groups in total. The summed E-state index contributed by atoms with van der Waals surface area (Å²) in [4.78, 5) is 13.1. The molecule has 1 aromatic heterocycles. The standard InChI is InChI=1S/C13H18N4OS/c14-11(15)8-3-9(19-6-8)5-16-12(18)10-4-13(1-2-13)7-17-10/h3,6,10,17H,1-2,4-5,7H2,(H3,14,15)(H,16,18). The van der Waals surface area contributed by atoms with E-state index in [-0.39, 0.29) is 17.8 Å². The van der Waals surface area contributed by atoms with Crippen LogP contribution in [0.4, 0.5) is 0 Å². The molecule has 1 aliphatic heterocycles. The third kappa shape index (κ3) is 2.64. The Hall–Kier alpha value is -1.40. The Morgan fingerprint density at radius 1 is 1.63 bits per heavy atom. The van der Waals surface area contributed by atoms with Crippen LogP contribution in [0.2, 0.25) is 0 Å². The summed E-state index contributed by atoms with van der Waals surface area (Å²) in [6.45, 7) is 1.50. The molecule has 1 spiro atoms. The fourth-order valence-corrected chi connectivity index (χ4v) is 3.40. The summed E-state index contributed by atoms with van der Waals surface area (Å²) >= 11 is 1.52. The van der Waals surface area contributed by atoms with Gasteiger partial charge in [-0.3, -0.25) is 10.2 Å². The van der Waals surface area contributed by atoms with Crippen LogP contribution in [0.1, 0.15) is 29.7 Å². The lowest BCUT2D eigenvalue weighted by molar-refractivity contribution is -0.123. The van der Waals surface area contributed by atoms with Crippen molar-refractivity contribution in [1.29, 1.82) is 5.41 Å². The molecule has 1 aromatic rings. The molecule has 3 rings (SSSR count). The summed E-state index contributed by atoms with van der Waals surface area (Å²) in [6, 6.07) is 1.83. The molecule has 2 fully saturated rings. The predicted molar refractivity (Wildman–Crippen MR) is 75.3 cm³/mol. The first kappa shape index (κ1) is 12.6. The Labute approximate surface area is 116 Å². The van der Waals surface area contributed by atoms with Crippen molar-refractivity contribution >= 4 is 23.1 Å². The Bertz CT molecular complexity index is 520. The zero-order chi connectivity index (χ0) is 13.5. The predicted octanol–water partition coefficient (Wildman–Crippen LogP) is 0.790. The fourth-order valence-electron chi connectivity index (χ4n) is 2.57. The summed E-state index contributed by atoms with van der Waals surface area (Å²) in [5.41, 5.74) is 6.58. The minimum absolute atomic E-state index is 0.0326. The number of hydrogen-bond donors (Lipinski definition) is 4. The third-order valence-corrected chi connectivity index (χ3v) is 4.97. The van der Waals surface area contributed by atoms with Gasteiger partial charge in [-0.15, -0.1) is 11.3 Å². The lowest BCUT2D eigenvalue weighted by Gasteiger charge is -2.10. The van der Waals surface area contributed by atoms with Crippen LogP contribution in [0.3, 0.4) is 0 Å². The quantitative estimate of drug-likeness (QED) is 0.485. The highest BCUT2D eigenvalue weighted by Crippen LogP contribution is 2.51. The average Bonchev–Trinajstić information content (AvgIpc) is 2.80. The number of carbonyl (C=O) groups is 1. The summed E-state index contributed by atoms with van der Waals surface area (Å²) in [5, 5.41) is 15.4. The highest BCUT2D eigenvalue weighted by molar-refractivity contribution is 7.10. The lowest BCUT2D eigenvalue weighted by Crippen LogP contribution is -2.39. The van der Waals surface area contributed by atoms with Crippen molar-refractivity contribution in [1.82, 2.24) is 10.6 Å². The third-order valence-electron chi connectivity index (χ3n) is 4.04. The van der Waals surface area contributed by atoms with Crippen LogP contribution in [-0.4, -0.2) is 24.3 Å². The maximum Gasteiger partial charge on any atom is 0.237 e. The second kappa shape index (κ2) is 4.61. The van der Waals surface area contributed by atoms with Gasteiger partial charge in [0, 0.05) is 22.4 Å². The Morgan fingerprint density at radius 3 is 3.00 bits per heavy atom. The van der Waals surface area contributed by atoms with Gasteiger partial charge >= 0.3 is 0 Å². The van der Waals surface area contributed by atoms with Crippen molar-refractivity contribution in [2.45, 2.75) is 31.8 Å². The summed E-state index contributed by atoms with van der Waals surface area (Å²) < 4.78 is 0. The van der Waals surface area contributed by atoms with Gasteiger partial charge in [-0.2, -0.15) is 0 Å². The summed E-state index contributed by atoms with van der Waals surface area (Å²) in [7, 11) is 0. The molecular formula is C13H18N4OS. The van der Waals surface area contributed by atoms with E-state index in [1.807, 2.05) is 11.4 Å². The summed E-state index contributed by atoms with van der Waals surface area (Å²) in [6.07, 6.45) is 3.50. The van der Waals surface area contributed by atoms with E-state index in [9.17, 15) is 4.79 Å². The minimum Gasteiger partial charge on any atom is -0.384 e. The van der Waals surface area contributed by atoms with Gasteiger partial charge in [-0.25, -0.2) is 0 Å². The lowest BCUT2D eigenvalue weighted by atomic mass is 10.0. The maximum absolute atomic E-state index is 12.0. The zero-order valence-corrected chi connectivity index (χ0v) is 11.5. The molecule has 1 saturated heterocycles. The van der Waals surface area contributed by atoms with Crippen molar-refractivity contribution in [2.75, 3.05) is 6.54 Å². The van der Waals surface area contributed by atoms with Crippen molar-refractivity contribution < 1.29 is 4.79 Å². The van der Waals surface area contributed by atoms with E-state index in [0.717, 1.165) is 23.4 Å². The van der Waals surface area contributed by atoms with Gasteiger partial charge < -0.3 is 16.4 Å². The van der Waals surface area contributed by atoms with Crippen LogP contribution < -0.4 is 16.4 Å². The number of nitrogens with one attached hydrogen (secondary N) is 3. The number of carbonyl (C=O) groups excluding carboxylic acids is 1. The molecule has 1 amide bonds. The van der Waals surface area contributed by atoms with Gasteiger partial charge in [0.15, 0.2) is 0 Å². The van der Waals surface area contributed by atoms with E-state index >= 15 is 0 Å². The second-order valence-corrected chi connectivity index (χ2v) is 6.57. The van der Waals surface area contributed by atoms with Crippen LogP contribution in [0.5, 0.6) is 0 Å². The van der Waals surface area contributed by atoms with Gasteiger partial charge in [0.25, 0.3) is 0 Å². The first-order valence-electron chi connectivity index (χ1n) is 6.51. The first-order valence-corrected chi connectivity index (χ1v) is 7.39. The molecule has 2 heterocycles. The molecule has 1 saturated carbocycles. The van der Waals surface area contributed by atoms with Crippen LogP contribution in [0.25, 0.3) is 0 Å². The van der Waals surface area contributed by atoms with Crippen LogP contribution in [0, 0.1) is 10.8 Å². The number of amides is 1. The molecule has 1 unspecified atom stereocenters. The number of amidine groups is 1. The van der Waals surface area contributed by atoms with Gasteiger partial charge in [0.2, 0.25) is 5.91 Å². The SMILES string of the molecule is N=C(N)c1csc(CNC(=O)C2CC3(CC3)CN2)c1. The smallest absolute Gasteiger partial charge is 0.237 e. The van der Waals surface area contributed by atoms with Crippen molar-refractivity contribution in [3.63, 3.8) is 0 Å². The van der Waals surface area contributed by atoms with E-state index in [1.54, 1.807) is 0 Å². The molecular weight excluding hydrogens is 260 g/mol. The second-order valence-electron chi connectivity index (χ2n) is 5.57. The highest BCUT2D eigenvalue weighted by Gasteiger charge is 2.49.